The van der Waals surface area contributed by atoms with Crippen molar-refractivity contribution in [2.45, 2.75) is 112 Å². The molecular weight excluding hydrogens is 1300 g/mol. The summed E-state index contributed by atoms with van der Waals surface area (Å²) in [5, 5.41) is 28.1. The first-order valence-electron chi connectivity index (χ1n) is 34.5. The zero-order chi connectivity index (χ0) is 70.9. The summed E-state index contributed by atoms with van der Waals surface area (Å²) < 4.78 is 22.9. The summed E-state index contributed by atoms with van der Waals surface area (Å²) in [4.78, 5) is 86.3. The van der Waals surface area contributed by atoms with Crippen LogP contribution in [0.4, 0.5) is 34.9 Å². The minimum atomic E-state index is -0.504. The lowest BCUT2D eigenvalue weighted by atomic mass is 9.81. The van der Waals surface area contributed by atoms with Gasteiger partial charge in [-0.15, -0.1) is 0 Å². The molecule has 5 aromatic heterocycles. The molecule has 9 heterocycles. The van der Waals surface area contributed by atoms with Crippen LogP contribution in [0.1, 0.15) is 138 Å². The Labute approximate surface area is 592 Å². The molecule has 1 saturated heterocycles. The molecule has 16 rings (SSSR count). The Hall–Kier alpha value is -9.24. The summed E-state index contributed by atoms with van der Waals surface area (Å²) in [6.07, 6.45) is 19.8. The monoisotopic (exact) mass is 1390 g/mol. The fourth-order valence-electron chi connectivity index (χ4n) is 14.0. The second-order valence-electron chi connectivity index (χ2n) is 28.9. The van der Waals surface area contributed by atoms with E-state index in [1.54, 1.807) is 72.3 Å². The molecule has 101 heavy (non-hydrogen) atoms. The van der Waals surface area contributed by atoms with Crippen molar-refractivity contribution in [3.05, 3.63) is 160 Å². The first-order valence-corrected chi connectivity index (χ1v) is 34.9. The number of aliphatic hydroxyl groups is 3. The Bertz CT molecular complexity index is 4460. The van der Waals surface area contributed by atoms with Crippen LogP contribution in [0.15, 0.2) is 116 Å². The summed E-state index contributed by atoms with van der Waals surface area (Å²) in [6.45, 7) is 11.2. The molecule has 0 bridgehead atoms. The maximum absolute atomic E-state index is 12.8. The summed E-state index contributed by atoms with van der Waals surface area (Å²) >= 11 is 6.18. The van der Waals surface area contributed by atoms with Crippen molar-refractivity contribution in [3.63, 3.8) is 0 Å². The van der Waals surface area contributed by atoms with Crippen molar-refractivity contribution >= 4 is 76.8 Å². The van der Waals surface area contributed by atoms with Crippen LogP contribution in [0.2, 0.25) is 5.02 Å². The fourth-order valence-corrected chi connectivity index (χ4v) is 14.2. The minimum Gasteiger partial charge on any atom is -0.481 e. The lowest BCUT2D eigenvalue weighted by molar-refractivity contribution is 0.00578. The van der Waals surface area contributed by atoms with Gasteiger partial charge in [-0.05, 0) is 156 Å². The number of benzene rings is 3. The average Bonchev–Trinajstić information content (AvgIpc) is 1.57. The number of rotatable bonds is 18. The first kappa shape index (κ1) is 68.9. The average molecular weight is 1390 g/mol. The number of methoxy groups -OCH3 is 2. The third kappa shape index (κ3) is 13.4. The number of aliphatic hydroxyl groups excluding tert-OH is 3. The highest BCUT2D eigenvalue weighted by molar-refractivity contribution is 6.62. The Morgan fingerprint density at radius 3 is 1.20 bits per heavy atom. The van der Waals surface area contributed by atoms with Crippen LogP contribution in [-0.4, -0.2) is 200 Å². The Balaban J connectivity index is 0.000000129. The third-order valence-corrected chi connectivity index (χ3v) is 21.7. The van der Waals surface area contributed by atoms with Crippen molar-refractivity contribution < 1.29 is 48.5 Å². The van der Waals surface area contributed by atoms with Crippen molar-refractivity contribution in [3.8, 4) is 34.3 Å². The van der Waals surface area contributed by atoms with E-state index >= 15 is 0 Å². The van der Waals surface area contributed by atoms with Gasteiger partial charge < -0.3 is 63.5 Å². The van der Waals surface area contributed by atoms with Gasteiger partial charge in [0.05, 0.1) is 56.6 Å². The number of likely N-dealkylation sites (N-methyl/N-ethyl adjacent to an activating group) is 3. The summed E-state index contributed by atoms with van der Waals surface area (Å²) in [6, 6.07) is 25.2. The molecule has 0 atom stereocenters. The van der Waals surface area contributed by atoms with Crippen molar-refractivity contribution in [2.24, 2.45) is 0 Å². The Kier molecular flexibility index (Phi) is 18.4. The number of fused-ring (bicyclic) bond motifs is 6. The normalized spacial score (nSPS) is 18.1. The molecule has 4 saturated carbocycles. The maximum Gasteiger partial charge on any atom is 0.498 e. The molecule has 3 aromatic carbocycles. The molecule has 8 aliphatic rings. The van der Waals surface area contributed by atoms with Crippen LogP contribution < -0.4 is 29.6 Å². The van der Waals surface area contributed by atoms with Gasteiger partial charge in [-0.25, -0.2) is 39.9 Å². The molecule has 4 aliphatic heterocycles. The van der Waals surface area contributed by atoms with E-state index in [0.29, 0.717) is 76.0 Å². The Morgan fingerprint density at radius 2 is 0.861 bits per heavy atom. The number of hydrogen-bond acceptors (Lipinski definition) is 21. The molecule has 4 aliphatic carbocycles. The molecule has 0 unspecified atom stereocenters. The number of hydrogen-bond donors (Lipinski definition) is 3. The largest absolute Gasteiger partial charge is 0.498 e. The number of nitrogens with zero attached hydrogens (tertiary/aromatic N) is 14. The quantitative estimate of drug-likeness (QED) is 0.0675. The molecule has 0 radical (unpaired) electrons. The number of anilines is 6. The van der Waals surface area contributed by atoms with Crippen LogP contribution in [0.5, 0.6) is 11.8 Å². The number of amides is 3. The molecule has 5 fully saturated rings. The highest BCUT2D eigenvalue weighted by Gasteiger charge is 2.56. The van der Waals surface area contributed by atoms with E-state index in [2.05, 4.69) is 68.9 Å². The number of ether oxygens (including phenoxy) is 2. The fraction of sp³-hybridized carbons (Fsp3) is 0.427. The second-order valence-corrected chi connectivity index (χ2v) is 29.3. The number of halogens is 1. The van der Waals surface area contributed by atoms with E-state index in [1.165, 1.54) is 49.8 Å². The standard InChI is InChI=1S/C27H29N5O3.C24H31BN4O4.C24H24ClN5O3/c1-31(9-10-33)25(34)18-5-6-21-23(12-18)32(16-27(21)7-8-27)26-28-14-20(15-29-26)22-11-19(17-3-4-17)13-24(30-22)35-2;1-22(2)23(3,4)33-25(32-22)17-13-26-21(27-14-17)29-15-24(8-9-24)18-7-6-16(12-19(18)29)20(31)28(5)10-11-30;1-29(7-8-31)22(32)15-3-4-18-20(9-15)30(14-24(18)5-6-24)23-26-12-16(13-27-23)19-10-17(25)11-21(28-19)33-2/h5-6,11-15,17,33H,3-4,7-10,16H2,1-2H3;6-7,12-14,30H,8-11,15H2,1-5H3;3-4,9-13,31H,5-8,14H2,1-2H3. The molecule has 8 aromatic rings. The predicted molar refractivity (Wildman–Crippen MR) is 384 cm³/mol. The Morgan fingerprint density at radius 1 is 0.515 bits per heavy atom. The van der Waals surface area contributed by atoms with Crippen molar-refractivity contribution in [2.75, 3.05) is 109 Å². The third-order valence-electron chi connectivity index (χ3n) is 21.4. The smallest absolute Gasteiger partial charge is 0.481 e. The van der Waals surface area contributed by atoms with Crippen LogP contribution in [0, 0.1) is 0 Å². The van der Waals surface area contributed by atoms with Gasteiger partial charge in [0.25, 0.3) is 17.7 Å². The highest BCUT2D eigenvalue weighted by atomic mass is 35.5. The molecule has 524 valence electrons. The summed E-state index contributed by atoms with van der Waals surface area (Å²) in [7, 11) is 7.77. The van der Waals surface area contributed by atoms with E-state index in [-0.39, 0.29) is 60.3 Å². The van der Waals surface area contributed by atoms with Crippen LogP contribution in [0.25, 0.3) is 22.5 Å². The lowest BCUT2D eigenvalue weighted by Crippen LogP contribution is -2.41. The number of pyridine rings is 2. The van der Waals surface area contributed by atoms with Crippen LogP contribution in [-0.2, 0) is 25.6 Å². The van der Waals surface area contributed by atoms with Gasteiger partial charge in [-0.2, -0.15) is 0 Å². The maximum atomic E-state index is 12.8. The molecule has 3 amide bonds. The van der Waals surface area contributed by atoms with Gasteiger partial charge in [0.1, 0.15) is 0 Å². The van der Waals surface area contributed by atoms with Gasteiger partial charge >= 0.3 is 7.12 Å². The van der Waals surface area contributed by atoms with E-state index in [1.807, 2.05) is 82.6 Å². The molecule has 26 heteroatoms. The first-order chi connectivity index (χ1) is 48.5. The molecule has 24 nitrogen and oxygen atoms in total. The van der Waals surface area contributed by atoms with Gasteiger partial charge in [-0.3, -0.25) is 14.4 Å². The SMILES string of the molecule is CN(CCO)C(=O)c1ccc2c(c1)N(c1ncc(B3OC(C)(C)C(C)(C)O3)cn1)CC21CC1.COc1cc(C2CC2)cc(-c2cnc(N3CC4(CC4)c4ccc(C(=O)N(C)CCO)cc43)nc2)n1.COc1cc(Cl)cc(-c2cnc(N3CC4(CC4)c4ccc(C(=O)N(C)CCO)cc43)nc2)n1. The minimum absolute atomic E-state index is 0.0626. The van der Waals surface area contributed by atoms with Crippen LogP contribution >= 0.6 is 11.6 Å². The van der Waals surface area contributed by atoms with Crippen molar-refractivity contribution in [1.82, 2.24) is 54.6 Å². The van der Waals surface area contributed by atoms with Gasteiger partial charge in [0.2, 0.25) is 29.6 Å². The zero-order valence-corrected chi connectivity index (χ0v) is 59.2. The summed E-state index contributed by atoms with van der Waals surface area (Å²) in [5.41, 5.74) is 13.1. The number of carbonyl (C=O) groups excluding carboxylic acids is 3. The van der Waals surface area contributed by atoms with Crippen molar-refractivity contribution in [1.29, 1.82) is 0 Å². The van der Waals surface area contributed by atoms with Gasteiger partial charge in [0, 0.05) is 181 Å². The predicted octanol–water partition coefficient (Wildman–Crippen LogP) is 9.14. The number of carbonyl (C=O) groups is 3. The molecular formula is C75H84BClN14O10. The van der Waals surface area contributed by atoms with E-state index < -0.39 is 18.3 Å². The molecule has 3 N–H and O–H groups in total. The van der Waals surface area contributed by atoms with E-state index in [9.17, 15) is 24.6 Å². The van der Waals surface area contributed by atoms with Gasteiger partial charge in [0.15, 0.2) is 0 Å². The van der Waals surface area contributed by atoms with E-state index in [4.69, 9.17) is 45.5 Å². The zero-order valence-electron chi connectivity index (χ0n) is 58.5. The van der Waals surface area contributed by atoms with Crippen LogP contribution in [0.3, 0.4) is 0 Å². The summed E-state index contributed by atoms with van der Waals surface area (Å²) in [5.74, 6) is 3.09. The number of aromatic nitrogens is 8. The lowest BCUT2D eigenvalue weighted by Gasteiger charge is -2.32. The van der Waals surface area contributed by atoms with E-state index in [0.717, 1.165) is 97.5 Å². The highest BCUT2D eigenvalue weighted by Crippen LogP contribution is 2.60. The van der Waals surface area contributed by atoms with Gasteiger partial charge in [-0.1, -0.05) is 29.8 Å². The molecule has 3 spiro atoms. The topological polar surface area (TPSA) is 271 Å². The second kappa shape index (κ2) is 26.9.